The molecule has 4 aromatic rings. The van der Waals surface area contributed by atoms with Gasteiger partial charge in [-0.2, -0.15) is 0 Å². The standard InChI is InChI=1S/C24H21N3O3S/c1-3-29-18-11-8-16(9-12-18)23-26-20-14-17(10-13-21(20)30-23)25-24(31)27-22(28)19-7-5-4-6-15(19)2/h4-14H,3H2,1-2H3,(H2,25,27,28,31). The molecule has 3 aromatic carbocycles. The molecule has 0 saturated carbocycles. The van der Waals surface area contributed by atoms with E-state index in [1.54, 1.807) is 6.07 Å². The van der Waals surface area contributed by atoms with Gasteiger partial charge in [0, 0.05) is 16.8 Å². The van der Waals surface area contributed by atoms with E-state index in [9.17, 15) is 4.79 Å². The predicted octanol–water partition coefficient (Wildman–Crippen LogP) is 5.33. The van der Waals surface area contributed by atoms with Crippen molar-refractivity contribution in [3.05, 3.63) is 77.9 Å². The number of benzene rings is 3. The summed E-state index contributed by atoms with van der Waals surface area (Å²) in [6.07, 6.45) is 0. The number of rotatable bonds is 5. The summed E-state index contributed by atoms with van der Waals surface area (Å²) in [7, 11) is 0. The van der Waals surface area contributed by atoms with Crippen LogP contribution in [0.25, 0.3) is 22.6 Å². The Hall–Kier alpha value is -3.71. The molecule has 1 amide bonds. The second-order valence-corrected chi connectivity index (χ2v) is 7.29. The van der Waals surface area contributed by atoms with Crippen LogP contribution in [-0.2, 0) is 0 Å². The Bertz CT molecular complexity index is 1250. The van der Waals surface area contributed by atoms with Gasteiger partial charge in [0.2, 0.25) is 5.89 Å². The Morgan fingerprint density at radius 2 is 1.87 bits per heavy atom. The fraction of sp³-hybridized carbons (Fsp3) is 0.125. The molecule has 0 aliphatic heterocycles. The fourth-order valence-corrected chi connectivity index (χ4v) is 3.36. The number of amides is 1. The minimum Gasteiger partial charge on any atom is -0.494 e. The van der Waals surface area contributed by atoms with Crippen LogP contribution >= 0.6 is 12.2 Å². The highest BCUT2D eigenvalue weighted by Crippen LogP contribution is 2.27. The highest BCUT2D eigenvalue weighted by molar-refractivity contribution is 7.80. The maximum absolute atomic E-state index is 12.4. The molecule has 0 spiro atoms. The lowest BCUT2D eigenvalue weighted by Gasteiger charge is -2.10. The van der Waals surface area contributed by atoms with Crippen LogP contribution < -0.4 is 15.4 Å². The van der Waals surface area contributed by atoms with Crippen LogP contribution in [0.1, 0.15) is 22.8 Å². The molecule has 0 fully saturated rings. The predicted molar refractivity (Wildman–Crippen MR) is 125 cm³/mol. The van der Waals surface area contributed by atoms with Crippen molar-refractivity contribution in [2.24, 2.45) is 0 Å². The Balaban J connectivity index is 1.47. The number of aromatic nitrogens is 1. The number of ether oxygens (including phenoxy) is 1. The number of nitrogens with one attached hydrogen (secondary N) is 2. The number of carbonyl (C=O) groups is 1. The molecule has 0 atom stereocenters. The van der Waals surface area contributed by atoms with E-state index in [2.05, 4.69) is 15.6 Å². The first-order chi connectivity index (χ1) is 15.0. The van der Waals surface area contributed by atoms with Crippen LogP contribution in [0.2, 0.25) is 0 Å². The van der Waals surface area contributed by atoms with Crippen LogP contribution in [-0.4, -0.2) is 22.6 Å². The van der Waals surface area contributed by atoms with Crippen molar-refractivity contribution in [2.45, 2.75) is 13.8 Å². The first-order valence-electron chi connectivity index (χ1n) is 9.85. The Morgan fingerprint density at radius 3 is 2.61 bits per heavy atom. The third-order valence-electron chi connectivity index (χ3n) is 4.67. The number of hydrogen-bond donors (Lipinski definition) is 2. The zero-order chi connectivity index (χ0) is 21.8. The van der Waals surface area contributed by atoms with Gasteiger partial charge in [-0.15, -0.1) is 0 Å². The lowest BCUT2D eigenvalue weighted by Crippen LogP contribution is -2.34. The molecule has 0 unspecified atom stereocenters. The molecule has 2 N–H and O–H groups in total. The summed E-state index contributed by atoms with van der Waals surface area (Å²) in [6.45, 7) is 4.44. The molecular formula is C24H21N3O3S. The van der Waals surface area contributed by atoms with E-state index >= 15 is 0 Å². The van der Waals surface area contributed by atoms with E-state index in [4.69, 9.17) is 21.4 Å². The van der Waals surface area contributed by atoms with Gasteiger partial charge in [-0.05, 0) is 80.2 Å². The Kier molecular flexibility index (Phi) is 5.95. The van der Waals surface area contributed by atoms with E-state index in [1.165, 1.54) is 0 Å². The van der Waals surface area contributed by atoms with Crippen molar-refractivity contribution >= 4 is 40.0 Å². The lowest BCUT2D eigenvalue weighted by molar-refractivity contribution is 0.0977. The SMILES string of the molecule is CCOc1ccc(-c2nc3cc(NC(=S)NC(=O)c4ccccc4C)ccc3o2)cc1. The lowest BCUT2D eigenvalue weighted by atomic mass is 10.1. The summed E-state index contributed by atoms with van der Waals surface area (Å²) in [5.74, 6) is 1.07. The second kappa shape index (κ2) is 8.97. The zero-order valence-corrected chi connectivity index (χ0v) is 18.0. The summed E-state index contributed by atoms with van der Waals surface area (Å²) in [6, 6.07) is 20.4. The van der Waals surface area contributed by atoms with Crippen LogP contribution in [0.5, 0.6) is 5.75 Å². The normalized spacial score (nSPS) is 10.6. The molecule has 0 bridgehead atoms. The monoisotopic (exact) mass is 431 g/mol. The first-order valence-corrected chi connectivity index (χ1v) is 10.3. The van der Waals surface area contributed by atoms with Gasteiger partial charge in [0.1, 0.15) is 11.3 Å². The van der Waals surface area contributed by atoms with E-state index in [-0.39, 0.29) is 11.0 Å². The van der Waals surface area contributed by atoms with E-state index in [0.717, 1.165) is 16.9 Å². The highest BCUT2D eigenvalue weighted by Gasteiger charge is 2.12. The maximum atomic E-state index is 12.4. The van der Waals surface area contributed by atoms with Crippen molar-refractivity contribution in [3.63, 3.8) is 0 Å². The quantitative estimate of drug-likeness (QED) is 0.416. The Morgan fingerprint density at radius 1 is 1.10 bits per heavy atom. The van der Waals surface area contributed by atoms with Gasteiger partial charge < -0.3 is 14.5 Å². The number of thiocarbonyl (C=S) groups is 1. The van der Waals surface area contributed by atoms with Gasteiger partial charge in [0.05, 0.1) is 6.61 Å². The molecule has 0 radical (unpaired) electrons. The molecule has 31 heavy (non-hydrogen) atoms. The van der Waals surface area contributed by atoms with Gasteiger partial charge >= 0.3 is 0 Å². The molecule has 0 aliphatic rings. The summed E-state index contributed by atoms with van der Waals surface area (Å²) in [5, 5.41) is 5.94. The average Bonchev–Trinajstić information content (AvgIpc) is 3.18. The molecule has 6 nitrogen and oxygen atoms in total. The summed E-state index contributed by atoms with van der Waals surface area (Å²) in [5.41, 5.74) is 4.36. The largest absolute Gasteiger partial charge is 0.494 e. The van der Waals surface area contributed by atoms with E-state index < -0.39 is 0 Å². The molecule has 1 aromatic heterocycles. The molecule has 4 rings (SSSR count). The molecule has 156 valence electrons. The second-order valence-electron chi connectivity index (χ2n) is 6.88. The van der Waals surface area contributed by atoms with Gasteiger partial charge in [-0.25, -0.2) is 4.98 Å². The minimum absolute atomic E-state index is 0.211. The van der Waals surface area contributed by atoms with Crippen molar-refractivity contribution in [3.8, 4) is 17.2 Å². The Labute approximate surface area is 185 Å². The van der Waals surface area contributed by atoms with Crippen LogP contribution in [0.4, 0.5) is 5.69 Å². The van der Waals surface area contributed by atoms with Crippen molar-refractivity contribution in [1.82, 2.24) is 10.3 Å². The number of aryl methyl sites for hydroxylation is 1. The third-order valence-corrected chi connectivity index (χ3v) is 4.88. The molecule has 1 heterocycles. The molecule has 0 aliphatic carbocycles. The van der Waals surface area contributed by atoms with E-state index in [1.807, 2.05) is 74.5 Å². The topological polar surface area (TPSA) is 76.4 Å². The number of anilines is 1. The number of fused-ring (bicyclic) bond motifs is 1. The van der Waals surface area contributed by atoms with Crippen LogP contribution in [0.15, 0.2) is 71.1 Å². The van der Waals surface area contributed by atoms with Crippen LogP contribution in [0.3, 0.4) is 0 Å². The third kappa shape index (κ3) is 4.73. The number of carbonyl (C=O) groups excluding carboxylic acids is 1. The number of hydrogen-bond acceptors (Lipinski definition) is 5. The molecule has 7 heteroatoms. The number of nitrogens with zero attached hydrogens (tertiary/aromatic N) is 1. The number of oxazole rings is 1. The van der Waals surface area contributed by atoms with E-state index in [0.29, 0.717) is 34.8 Å². The fourth-order valence-electron chi connectivity index (χ4n) is 3.15. The first kappa shape index (κ1) is 20.6. The van der Waals surface area contributed by atoms with Crippen LogP contribution in [0, 0.1) is 6.92 Å². The smallest absolute Gasteiger partial charge is 0.257 e. The van der Waals surface area contributed by atoms with Crippen molar-refractivity contribution in [1.29, 1.82) is 0 Å². The van der Waals surface area contributed by atoms with Crippen molar-refractivity contribution < 1.29 is 13.9 Å². The van der Waals surface area contributed by atoms with Gasteiger partial charge in [0.25, 0.3) is 5.91 Å². The average molecular weight is 432 g/mol. The summed E-state index contributed by atoms with van der Waals surface area (Å²) >= 11 is 5.29. The van der Waals surface area contributed by atoms with Gasteiger partial charge in [-0.3, -0.25) is 10.1 Å². The molecular weight excluding hydrogens is 410 g/mol. The molecule has 0 saturated heterocycles. The maximum Gasteiger partial charge on any atom is 0.257 e. The summed E-state index contributed by atoms with van der Waals surface area (Å²) in [4.78, 5) is 17.0. The minimum atomic E-state index is -0.254. The zero-order valence-electron chi connectivity index (χ0n) is 17.1. The highest BCUT2D eigenvalue weighted by atomic mass is 32.1. The summed E-state index contributed by atoms with van der Waals surface area (Å²) < 4.78 is 11.3. The van der Waals surface area contributed by atoms with Gasteiger partial charge in [-0.1, -0.05) is 18.2 Å². The van der Waals surface area contributed by atoms with Crippen molar-refractivity contribution in [2.75, 3.05) is 11.9 Å². The van der Waals surface area contributed by atoms with Gasteiger partial charge in [0.15, 0.2) is 10.7 Å².